The molecule has 0 aromatic rings. The summed E-state index contributed by atoms with van der Waals surface area (Å²) in [6.07, 6.45) is -3.81. The summed E-state index contributed by atoms with van der Waals surface area (Å²) < 4.78 is 37.8. The number of fused-ring (bicyclic) bond motifs is 4. The largest absolute Gasteiger partial charge is 0.457 e. The first kappa shape index (κ1) is 35.6. The summed E-state index contributed by atoms with van der Waals surface area (Å²) in [5, 5.41) is 0. The third-order valence-electron chi connectivity index (χ3n) is 12.5. The maximum Gasteiger partial charge on any atom is 0.341 e. The van der Waals surface area contributed by atoms with Gasteiger partial charge in [-0.05, 0) is 64.2 Å². The predicted molar refractivity (Wildman–Crippen MR) is 174 cm³/mol. The molecule has 12 heteroatoms. The van der Waals surface area contributed by atoms with Gasteiger partial charge in [0.25, 0.3) is 0 Å². The van der Waals surface area contributed by atoms with E-state index in [0.29, 0.717) is 12.8 Å². The van der Waals surface area contributed by atoms with E-state index < -0.39 is 71.0 Å². The molecule has 274 valence electrons. The smallest absolute Gasteiger partial charge is 0.341 e. The SMILES string of the molecule is C=C(C)C1CCC23OC2C(CC2(C)CC(=O)C(CC(=O)C1)O2)OC(=O)C12CCC(C(C)C)CC(=O)CC4OC(C)(CC4=O)CC(OC3=O)C1O2. The Morgan fingerprint density at radius 1 is 0.680 bits per heavy atom. The highest BCUT2D eigenvalue weighted by Gasteiger charge is 2.74. The molecule has 7 aliphatic heterocycles. The minimum atomic E-state index is -1.49. The van der Waals surface area contributed by atoms with E-state index in [0.717, 1.165) is 5.57 Å². The van der Waals surface area contributed by atoms with E-state index in [1.54, 1.807) is 13.8 Å². The molecule has 0 amide bonds. The fourth-order valence-electron chi connectivity index (χ4n) is 9.37. The van der Waals surface area contributed by atoms with Gasteiger partial charge in [-0.1, -0.05) is 26.0 Å². The van der Waals surface area contributed by atoms with Crippen LogP contribution in [0, 0.1) is 17.8 Å². The van der Waals surface area contributed by atoms with Crippen molar-refractivity contribution in [1.29, 1.82) is 0 Å². The van der Waals surface area contributed by atoms with Crippen LogP contribution < -0.4 is 0 Å². The number of esters is 2. The zero-order valence-electron chi connectivity index (χ0n) is 29.8. The normalized spacial score (nSPS) is 46.8. The molecule has 7 aliphatic rings. The Morgan fingerprint density at radius 3 is 1.60 bits per heavy atom. The summed E-state index contributed by atoms with van der Waals surface area (Å²) >= 11 is 0. The zero-order valence-corrected chi connectivity index (χ0v) is 29.8. The highest BCUT2D eigenvalue weighted by molar-refractivity contribution is 5.93. The van der Waals surface area contributed by atoms with Gasteiger partial charge >= 0.3 is 11.9 Å². The first-order valence-electron chi connectivity index (χ1n) is 18.3. The first-order chi connectivity index (χ1) is 23.4. The molecule has 12 atom stereocenters. The molecular weight excluding hydrogens is 648 g/mol. The summed E-state index contributed by atoms with van der Waals surface area (Å²) in [4.78, 5) is 81.7. The molecule has 12 nitrogen and oxygen atoms in total. The summed E-state index contributed by atoms with van der Waals surface area (Å²) in [6, 6.07) is 0. The third-order valence-corrected chi connectivity index (χ3v) is 12.5. The molecule has 0 aromatic carbocycles. The van der Waals surface area contributed by atoms with Crippen LogP contribution in [-0.4, -0.2) is 94.1 Å². The van der Waals surface area contributed by atoms with Crippen LogP contribution in [0.2, 0.25) is 0 Å². The monoisotopic (exact) mass is 698 g/mol. The number of ether oxygens (including phenoxy) is 6. The van der Waals surface area contributed by atoms with Crippen molar-refractivity contribution in [2.45, 2.75) is 171 Å². The number of hydrogen-bond donors (Lipinski definition) is 0. The number of Topliss-reactive ketones (excluding diaryl/α,β-unsaturated/α-hetero) is 4. The fraction of sp³-hybridized carbons (Fsp3) is 0.789. The van der Waals surface area contributed by atoms with Gasteiger partial charge in [0.1, 0.15) is 48.2 Å². The Bertz CT molecular complexity index is 1520. The number of carbonyl (C=O) groups excluding carboxylic acids is 6. The van der Waals surface area contributed by atoms with Crippen LogP contribution in [0.1, 0.15) is 112 Å². The molecule has 0 spiro atoms. The van der Waals surface area contributed by atoms with Gasteiger partial charge in [0.15, 0.2) is 22.8 Å². The number of ketones is 4. The zero-order chi connectivity index (χ0) is 36.0. The van der Waals surface area contributed by atoms with Gasteiger partial charge in [-0.3, -0.25) is 19.2 Å². The lowest BCUT2D eigenvalue weighted by molar-refractivity contribution is -0.166. The molecule has 7 rings (SSSR count). The Balaban J connectivity index is 1.28. The van der Waals surface area contributed by atoms with Crippen molar-refractivity contribution in [3.63, 3.8) is 0 Å². The van der Waals surface area contributed by atoms with Gasteiger partial charge in [0.05, 0.1) is 11.2 Å². The van der Waals surface area contributed by atoms with Crippen molar-refractivity contribution in [2.75, 3.05) is 0 Å². The van der Waals surface area contributed by atoms with Crippen molar-refractivity contribution in [2.24, 2.45) is 17.8 Å². The van der Waals surface area contributed by atoms with Crippen LogP contribution in [0.5, 0.6) is 0 Å². The lowest BCUT2D eigenvalue weighted by atomic mass is 9.80. The Labute approximate surface area is 292 Å². The average molecular weight is 699 g/mol. The molecule has 8 bridgehead atoms. The highest BCUT2D eigenvalue weighted by atomic mass is 16.7. The van der Waals surface area contributed by atoms with E-state index in [1.807, 2.05) is 20.8 Å². The van der Waals surface area contributed by atoms with E-state index in [2.05, 4.69) is 6.58 Å². The molecule has 0 N–H and O–H groups in total. The number of hydrogen-bond acceptors (Lipinski definition) is 12. The topological polar surface area (TPSA) is 164 Å². The first-order valence-corrected chi connectivity index (χ1v) is 18.3. The second-order valence-electron chi connectivity index (χ2n) is 17.1. The van der Waals surface area contributed by atoms with Crippen LogP contribution in [0.3, 0.4) is 0 Å². The molecular formula is C38H50O12. The van der Waals surface area contributed by atoms with Gasteiger partial charge in [0.2, 0.25) is 0 Å². The van der Waals surface area contributed by atoms with E-state index in [-0.39, 0.29) is 105 Å². The standard InChI is InChI=1S/C38H50O12/c1-19(2)21-7-9-37-31(49-37)29(17-35(5)15-25(41)27(47-35)13-23(39)11-21)46-34(44)38-10-8-22(20(3)4)12-24(40)14-28-26(42)16-36(6,48-28)18-30(32(38)50-38)45-33(37)43/h20-22,27-32H,1,7-18H2,2-6H3. The van der Waals surface area contributed by atoms with Gasteiger partial charge < -0.3 is 28.4 Å². The summed E-state index contributed by atoms with van der Waals surface area (Å²) in [7, 11) is 0. The van der Waals surface area contributed by atoms with Crippen molar-refractivity contribution in [1.82, 2.24) is 0 Å². The van der Waals surface area contributed by atoms with Gasteiger partial charge in [-0.15, -0.1) is 0 Å². The average Bonchev–Trinajstić information content (AvgIpc) is 3.88. The van der Waals surface area contributed by atoms with Crippen LogP contribution >= 0.6 is 0 Å². The molecule has 7 fully saturated rings. The number of carbonyl (C=O) groups is 6. The van der Waals surface area contributed by atoms with Crippen molar-refractivity contribution >= 4 is 35.1 Å². The van der Waals surface area contributed by atoms with E-state index in [4.69, 9.17) is 28.4 Å². The molecule has 12 unspecified atom stereocenters. The summed E-state index contributed by atoms with van der Waals surface area (Å²) in [5.41, 5.74) is -4.33. The minimum Gasteiger partial charge on any atom is -0.457 e. The Morgan fingerprint density at radius 2 is 1.14 bits per heavy atom. The van der Waals surface area contributed by atoms with Crippen molar-refractivity contribution < 1.29 is 57.2 Å². The lowest BCUT2D eigenvalue weighted by Crippen LogP contribution is -2.48. The predicted octanol–water partition coefficient (Wildman–Crippen LogP) is 3.86. The van der Waals surface area contributed by atoms with Crippen molar-refractivity contribution in [3.05, 3.63) is 12.2 Å². The molecule has 0 saturated carbocycles. The van der Waals surface area contributed by atoms with E-state index >= 15 is 0 Å². The Kier molecular flexibility index (Phi) is 8.84. The number of allylic oxidation sites excluding steroid dienone is 1. The second-order valence-corrected chi connectivity index (χ2v) is 17.1. The van der Waals surface area contributed by atoms with E-state index in [1.165, 1.54) is 0 Å². The second kappa shape index (κ2) is 12.4. The van der Waals surface area contributed by atoms with Gasteiger partial charge in [-0.25, -0.2) is 9.59 Å². The molecule has 7 heterocycles. The summed E-state index contributed by atoms with van der Waals surface area (Å²) in [5.74, 6) is -2.13. The van der Waals surface area contributed by atoms with Gasteiger partial charge in [-0.2, -0.15) is 0 Å². The molecule has 7 saturated heterocycles. The Hall–Kier alpha value is -2.80. The molecule has 0 radical (unpaired) electrons. The van der Waals surface area contributed by atoms with Crippen molar-refractivity contribution in [3.8, 4) is 0 Å². The number of rotatable bonds is 2. The highest BCUT2D eigenvalue weighted by Crippen LogP contribution is 2.55. The minimum absolute atomic E-state index is 0.0157. The lowest BCUT2D eigenvalue weighted by Gasteiger charge is -2.32. The number of epoxide rings is 2. The van der Waals surface area contributed by atoms with Gasteiger partial charge in [0, 0.05) is 51.4 Å². The molecule has 50 heavy (non-hydrogen) atoms. The maximum absolute atomic E-state index is 14.5. The van der Waals surface area contributed by atoms with E-state index in [9.17, 15) is 28.8 Å². The van der Waals surface area contributed by atoms with Crippen LogP contribution in [0.15, 0.2) is 12.2 Å². The van der Waals surface area contributed by atoms with Crippen LogP contribution in [-0.2, 0) is 57.2 Å². The van der Waals surface area contributed by atoms with Crippen LogP contribution in [0.25, 0.3) is 0 Å². The summed E-state index contributed by atoms with van der Waals surface area (Å²) in [6.45, 7) is 13.5. The van der Waals surface area contributed by atoms with Crippen LogP contribution in [0.4, 0.5) is 0 Å². The maximum atomic E-state index is 14.5. The fourth-order valence-corrected chi connectivity index (χ4v) is 9.37. The quantitative estimate of drug-likeness (QED) is 0.233. The third kappa shape index (κ3) is 6.43. The molecule has 0 aliphatic carbocycles. The molecule has 0 aromatic heterocycles.